The fourth-order valence-electron chi connectivity index (χ4n) is 0.915. The number of pyridine rings is 1. The summed E-state index contributed by atoms with van der Waals surface area (Å²) in [4.78, 5) is 8.69. The van der Waals surface area contributed by atoms with Crippen LogP contribution in [0.4, 0.5) is 0 Å². The van der Waals surface area contributed by atoms with Gasteiger partial charge in [0, 0.05) is 11.1 Å². The molecule has 0 aliphatic carbocycles. The maximum absolute atomic E-state index is 4.36. The normalized spacial score (nSPS) is 10.4. The van der Waals surface area contributed by atoms with Gasteiger partial charge in [0.15, 0.2) is 4.34 Å². The van der Waals surface area contributed by atoms with E-state index in [1.54, 1.807) is 23.1 Å². The van der Waals surface area contributed by atoms with Crippen LogP contribution in [-0.4, -0.2) is 9.97 Å². The molecular weight excluding hydrogens is 280 g/mol. The Morgan fingerprint density at radius 1 is 1.36 bits per heavy atom. The number of nitrogens with zero attached hydrogens (tertiary/aromatic N) is 2. The van der Waals surface area contributed by atoms with Crippen molar-refractivity contribution >= 4 is 39.0 Å². The molecule has 72 valence electrons. The van der Waals surface area contributed by atoms with Crippen LogP contribution in [0.2, 0.25) is 0 Å². The van der Waals surface area contributed by atoms with E-state index in [2.05, 4.69) is 25.9 Å². The van der Waals surface area contributed by atoms with Gasteiger partial charge in [0.2, 0.25) is 0 Å². The average molecular weight is 287 g/mol. The average Bonchev–Trinajstić information content (AvgIpc) is 2.51. The van der Waals surface area contributed by atoms with E-state index in [9.17, 15) is 0 Å². The van der Waals surface area contributed by atoms with Crippen LogP contribution in [-0.2, 0) is 0 Å². The van der Waals surface area contributed by atoms with Crippen molar-refractivity contribution in [2.45, 2.75) is 16.3 Å². The van der Waals surface area contributed by atoms with Gasteiger partial charge in [0.05, 0.1) is 0 Å². The van der Waals surface area contributed by atoms with Crippen molar-refractivity contribution in [1.29, 1.82) is 0 Å². The Labute approximate surface area is 98.9 Å². The molecule has 0 N–H and O–H groups in total. The number of hydrogen-bond acceptors (Lipinski definition) is 4. The Kier molecular flexibility index (Phi) is 3.20. The Morgan fingerprint density at radius 2 is 2.21 bits per heavy atom. The van der Waals surface area contributed by atoms with E-state index in [1.165, 1.54) is 0 Å². The molecule has 0 saturated heterocycles. The van der Waals surface area contributed by atoms with Gasteiger partial charge < -0.3 is 0 Å². The number of aryl methyl sites for hydroxylation is 1. The summed E-state index contributed by atoms with van der Waals surface area (Å²) in [6.07, 6.45) is 0. The van der Waals surface area contributed by atoms with Crippen molar-refractivity contribution < 1.29 is 0 Å². The SMILES string of the molecule is Cc1csc(Sc2cccc(Br)n2)n1. The van der Waals surface area contributed by atoms with Crippen LogP contribution in [0.25, 0.3) is 0 Å². The molecule has 2 nitrogen and oxygen atoms in total. The molecule has 2 aromatic rings. The molecule has 5 heteroatoms. The molecule has 14 heavy (non-hydrogen) atoms. The molecule has 0 atom stereocenters. The first-order valence-electron chi connectivity index (χ1n) is 3.96. The molecule has 0 unspecified atom stereocenters. The van der Waals surface area contributed by atoms with Gasteiger partial charge >= 0.3 is 0 Å². The zero-order valence-corrected chi connectivity index (χ0v) is 10.6. The fourth-order valence-corrected chi connectivity index (χ4v) is 3.15. The second-order valence-electron chi connectivity index (χ2n) is 2.66. The fraction of sp³-hybridized carbons (Fsp3) is 0.111. The van der Waals surface area contributed by atoms with E-state index >= 15 is 0 Å². The lowest BCUT2D eigenvalue weighted by Gasteiger charge is -1.96. The minimum atomic E-state index is 0.857. The smallest absolute Gasteiger partial charge is 0.156 e. The number of rotatable bonds is 2. The zero-order chi connectivity index (χ0) is 9.97. The molecule has 0 spiro atoms. The second kappa shape index (κ2) is 4.42. The molecule has 0 aromatic carbocycles. The lowest BCUT2D eigenvalue weighted by atomic mass is 10.5. The van der Waals surface area contributed by atoms with E-state index in [1.807, 2.05) is 30.5 Å². The molecule has 0 amide bonds. The quantitative estimate of drug-likeness (QED) is 0.786. The first kappa shape index (κ1) is 10.1. The van der Waals surface area contributed by atoms with Crippen LogP contribution in [0.1, 0.15) is 5.69 Å². The summed E-state index contributed by atoms with van der Waals surface area (Å²) in [6.45, 7) is 1.99. The summed E-state index contributed by atoms with van der Waals surface area (Å²) >= 11 is 6.57. The van der Waals surface area contributed by atoms with Crippen LogP contribution in [0, 0.1) is 6.92 Å². The van der Waals surface area contributed by atoms with Crippen molar-refractivity contribution in [3.05, 3.63) is 33.9 Å². The highest BCUT2D eigenvalue weighted by molar-refractivity contribution is 9.10. The summed E-state index contributed by atoms with van der Waals surface area (Å²) < 4.78 is 1.89. The van der Waals surface area contributed by atoms with Crippen LogP contribution >= 0.6 is 39.0 Å². The lowest BCUT2D eigenvalue weighted by Crippen LogP contribution is -1.79. The third kappa shape index (κ3) is 2.56. The van der Waals surface area contributed by atoms with Crippen LogP contribution in [0.15, 0.2) is 37.5 Å². The number of halogens is 1. The van der Waals surface area contributed by atoms with Crippen molar-refractivity contribution in [3.63, 3.8) is 0 Å². The highest BCUT2D eigenvalue weighted by atomic mass is 79.9. The van der Waals surface area contributed by atoms with Crippen molar-refractivity contribution in [2.75, 3.05) is 0 Å². The van der Waals surface area contributed by atoms with E-state index in [-0.39, 0.29) is 0 Å². The van der Waals surface area contributed by atoms with Crippen molar-refractivity contribution in [1.82, 2.24) is 9.97 Å². The Morgan fingerprint density at radius 3 is 2.86 bits per heavy atom. The van der Waals surface area contributed by atoms with Gasteiger partial charge in [-0.2, -0.15) is 0 Å². The third-order valence-corrected chi connectivity index (χ3v) is 3.91. The summed E-state index contributed by atoms with van der Waals surface area (Å²) in [5.74, 6) is 0. The van der Waals surface area contributed by atoms with Crippen molar-refractivity contribution in [2.24, 2.45) is 0 Å². The Balaban J connectivity index is 2.18. The van der Waals surface area contributed by atoms with E-state index < -0.39 is 0 Å². The predicted molar refractivity (Wildman–Crippen MR) is 62.9 cm³/mol. The van der Waals surface area contributed by atoms with Crippen LogP contribution < -0.4 is 0 Å². The maximum Gasteiger partial charge on any atom is 0.156 e. The van der Waals surface area contributed by atoms with Gasteiger partial charge in [0.25, 0.3) is 0 Å². The summed E-state index contributed by atoms with van der Waals surface area (Å²) in [7, 11) is 0. The third-order valence-electron chi connectivity index (χ3n) is 1.48. The van der Waals surface area contributed by atoms with Gasteiger partial charge in [-0.05, 0) is 46.7 Å². The molecule has 0 radical (unpaired) electrons. The first-order valence-corrected chi connectivity index (χ1v) is 6.45. The highest BCUT2D eigenvalue weighted by Gasteiger charge is 2.02. The maximum atomic E-state index is 4.36. The molecule has 0 saturated carbocycles. The topological polar surface area (TPSA) is 25.8 Å². The predicted octanol–water partition coefficient (Wildman–Crippen LogP) is 3.76. The van der Waals surface area contributed by atoms with Gasteiger partial charge in [-0.3, -0.25) is 0 Å². The molecule has 0 aliphatic heterocycles. The summed E-state index contributed by atoms with van der Waals surface area (Å²) in [5.41, 5.74) is 1.06. The molecule has 2 rings (SSSR count). The number of aromatic nitrogens is 2. The second-order valence-corrected chi connectivity index (χ2v) is 5.59. The Bertz CT molecular complexity index is 442. The van der Waals surface area contributed by atoms with Crippen LogP contribution in [0.5, 0.6) is 0 Å². The van der Waals surface area contributed by atoms with Crippen molar-refractivity contribution in [3.8, 4) is 0 Å². The van der Waals surface area contributed by atoms with E-state index in [4.69, 9.17) is 0 Å². The molecule has 2 heterocycles. The van der Waals surface area contributed by atoms with Gasteiger partial charge in [0.1, 0.15) is 9.63 Å². The number of thiazole rings is 1. The monoisotopic (exact) mass is 286 g/mol. The molecule has 0 fully saturated rings. The largest absolute Gasteiger partial charge is 0.235 e. The van der Waals surface area contributed by atoms with Gasteiger partial charge in [-0.15, -0.1) is 11.3 Å². The van der Waals surface area contributed by atoms with Crippen LogP contribution in [0.3, 0.4) is 0 Å². The standard InChI is InChI=1S/C9H7BrN2S2/c1-6-5-13-9(11-6)14-8-4-2-3-7(10)12-8/h2-5H,1H3. The summed E-state index contributed by atoms with van der Waals surface area (Å²) in [6, 6.07) is 5.86. The number of hydrogen-bond donors (Lipinski definition) is 0. The van der Waals surface area contributed by atoms with E-state index in [0.29, 0.717) is 0 Å². The van der Waals surface area contributed by atoms with Gasteiger partial charge in [-0.1, -0.05) is 6.07 Å². The lowest BCUT2D eigenvalue weighted by molar-refractivity contribution is 1.09. The zero-order valence-electron chi connectivity index (χ0n) is 7.40. The minimum Gasteiger partial charge on any atom is -0.235 e. The molecular formula is C9H7BrN2S2. The highest BCUT2D eigenvalue weighted by Crippen LogP contribution is 2.29. The Hall–Kier alpha value is -0.390. The molecule has 0 aliphatic rings. The summed E-state index contributed by atoms with van der Waals surface area (Å²) in [5, 5.41) is 3.01. The minimum absolute atomic E-state index is 0.857. The van der Waals surface area contributed by atoms with E-state index in [0.717, 1.165) is 19.7 Å². The molecule has 2 aromatic heterocycles. The first-order chi connectivity index (χ1) is 6.74. The molecule has 0 bridgehead atoms. The van der Waals surface area contributed by atoms with Gasteiger partial charge in [-0.25, -0.2) is 9.97 Å².